The Hall–Kier alpha value is -1.43. The number of carbonyl (C=O) groups excluding carboxylic acids is 3. The molecule has 0 spiro atoms. The van der Waals surface area contributed by atoms with Crippen molar-refractivity contribution in [3.05, 3.63) is 0 Å². The van der Waals surface area contributed by atoms with E-state index < -0.39 is 17.9 Å². The number of nitrogens with one attached hydrogen (secondary N) is 1. The molecule has 0 aliphatic carbocycles. The molecule has 2 atom stereocenters. The molecule has 0 saturated carbocycles. The summed E-state index contributed by atoms with van der Waals surface area (Å²) in [5, 5.41) is 2.24. The molecule has 6 heteroatoms. The number of imide groups is 1. The number of hydrogen-bond acceptors (Lipinski definition) is 4. The fourth-order valence-corrected chi connectivity index (χ4v) is 1.89. The van der Waals surface area contributed by atoms with E-state index >= 15 is 0 Å². The monoisotopic (exact) mass is 255 g/mol. The highest BCUT2D eigenvalue weighted by Crippen LogP contribution is 2.13. The number of hydrogen-bond donors (Lipinski definition) is 2. The largest absolute Gasteiger partial charge is 0.327 e. The molecule has 3 amide bonds. The van der Waals surface area contributed by atoms with Crippen LogP contribution >= 0.6 is 0 Å². The zero-order chi connectivity index (χ0) is 13.9. The van der Waals surface area contributed by atoms with Gasteiger partial charge in [-0.25, -0.2) is 0 Å². The van der Waals surface area contributed by atoms with Gasteiger partial charge in [0, 0.05) is 12.5 Å². The molecule has 3 N–H and O–H groups in total. The minimum Gasteiger partial charge on any atom is -0.327 e. The summed E-state index contributed by atoms with van der Waals surface area (Å²) in [7, 11) is 0. The summed E-state index contributed by atoms with van der Waals surface area (Å²) in [6.07, 6.45) is 0.649. The molecule has 1 heterocycles. The summed E-state index contributed by atoms with van der Waals surface area (Å²) in [4.78, 5) is 36.3. The highest BCUT2D eigenvalue weighted by Gasteiger charge is 2.35. The quantitative estimate of drug-likeness (QED) is 0.670. The number of carbonyl (C=O) groups is 3. The molecule has 0 aromatic heterocycles. The maximum absolute atomic E-state index is 12.1. The summed E-state index contributed by atoms with van der Waals surface area (Å²) >= 11 is 0. The maximum atomic E-state index is 12.1. The van der Waals surface area contributed by atoms with Gasteiger partial charge in [0.05, 0.1) is 0 Å². The van der Waals surface area contributed by atoms with Gasteiger partial charge in [0.2, 0.25) is 17.7 Å². The van der Waals surface area contributed by atoms with E-state index in [2.05, 4.69) is 5.32 Å². The number of nitrogens with zero attached hydrogens (tertiary/aromatic N) is 1. The Morgan fingerprint density at radius 1 is 1.50 bits per heavy atom. The van der Waals surface area contributed by atoms with Crippen LogP contribution in [-0.4, -0.2) is 41.2 Å². The lowest BCUT2D eigenvalue weighted by Gasteiger charge is -2.34. The van der Waals surface area contributed by atoms with Crippen LogP contribution in [-0.2, 0) is 14.4 Å². The van der Waals surface area contributed by atoms with Gasteiger partial charge in [0.25, 0.3) is 0 Å². The van der Waals surface area contributed by atoms with E-state index in [0.29, 0.717) is 6.42 Å². The minimum atomic E-state index is -0.561. The topological polar surface area (TPSA) is 92.5 Å². The molecular weight excluding hydrogens is 234 g/mol. The zero-order valence-electron chi connectivity index (χ0n) is 11.1. The van der Waals surface area contributed by atoms with Gasteiger partial charge in [-0.05, 0) is 12.3 Å². The molecule has 0 radical (unpaired) electrons. The number of piperazine rings is 1. The van der Waals surface area contributed by atoms with Gasteiger partial charge in [0.15, 0.2) is 0 Å². The molecule has 1 aliphatic heterocycles. The smallest absolute Gasteiger partial charge is 0.249 e. The Kier molecular flexibility index (Phi) is 4.84. The minimum absolute atomic E-state index is 0.0616. The first-order valence-corrected chi connectivity index (χ1v) is 6.25. The van der Waals surface area contributed by atoms with Crippen molar-refractivity contribution in [1.82, 2.24) is 10.2 Å². The Bertz CT molecular complexity index is 354. The molecule has 2 unspecified atom stereocenters. The fourth-order valence-electron chi connectivity index (χ4n) is 1.89. The molecule has 1 saturated heterocycles. The molecular formula is C12H21N3O3. The number of nitrogens with two attached hydrogens (primary N) is 1. The average Bonchev–Trinajstić information content (AvgIpc) is 2.27. The van der Waals surface area contributed by atoms with Gasteiger partial charge in [-0.3, -0.25) is 19.7 Å². The van der Waals surface area contributed by atoms with Crippen LogP contribution in [0.1, 0.15) is 33.6 Å². The van der Waals surface area contributed by atoms with Gasteiger partial charge in [-0.1, -0.05) is 20.8 Å². The Morgan fingerprint density at radius 3 is 2.61 bits per heavy atom. The first kappa shape index (κ1) is 14.6. The second kappa shape index (κ2) is 5.95. The van der Waals surface area contributed by atoms with E-state index in [4.69, 9.17) is 5.73 Å². The molecule has 0 aromatic carbocycles. The van der Waals surface area contributed by atoms with Gasteiger partial charge >= 0.3 is 0 Å². The van der Waals surface area contributed by atoms with Crippen molar-refractivity contribution < 1.29 is 14.4 Å². The molecule has 102 valence electrons. The molecule has 18 heavy (non-hydrogen) atoms. The summed E-state index contributed by atoms with van der Waals surface area (Å²) in [5.74, 6) is -0.883. The third kappa shape index (κ3) is 3.29. The predicted molar refractivity (Wildman–Crippen MR) is 66.4 cm³/mol. The lowest BCUT2D eigenvalue weighted by atomic mass is 10.00. The highest BCUT2D eigenvalue weighted by atomic mass is 16.2. The molecule has 0 aromatic rings. The second-order valence-corrected chi connectivity index (χ2v) is 4.97. The molecule has 6 nitrogen and oxygen atoms in total. The van der Waals surface area contributed by atoms with Crippen LogP contribution in [0.5, 0.6) is 0 Å². The van der Waals surface area contributed by atoms with E-state index in [1.165, 1.54) is 4.90 Å². The van der Waals surface area contributed by atoms with Crippen LogP contribution in [0.15, 0.2) is 0 Å². The second-order valence-electron chi connectivity index (χ2n) is 4.97. The zero-order valence-corrected chi connectivity index (χ0v) is 11.1. The standard InChI is InChI=1S/C12H21N3O3/c1-4-9-12(18)14-10(16)6-15(9)11(17)5-8(13)7(2)3/h7-9H,4-6,13H2,1-3H3,(H,14,16,18). The van der Waals surface area contributed by atoms with E-state index in [1.807, 2.05) is 20.8 Å². The van der Waals surface area contributed by atoms with Crippen LogP contribution < -0.4 is 11.1 Å². The van der Waals surface area contributed by atoms with Gasteiger partial charge in [0.1, 0.15) is 12.6 Å². The number of rotatable bonds is 4. The molecule has 1 fully saturated rings. The summed E-state index contributed by atoms with van der Waals surface area (Å²) in [6, 6.07) is -0.815. The van der Waals surface area contributed by atoms with E-state index in [1.54, 1.807) is 0 Å². The van der Waals surface area contributed by atoms with Gasteiger partial charge in [-0.2, -0.15) is 0 Å². The van der Waals surface area contributed by atoms with E-state index in [-0.39, 0.29) is 30.8 Å². The van der Waals surface area contributed by atoms with Crippen molar-refractivity contribution >= 4 is 17.7 Å². The third-order valence-electron chi connectivity index (χ3n) is 3.23. The van der Waals surface area contributed by atoms with Crippen LogP contribution in [0.3, 0.4) is 0 Å². The van der Waals surface area contributed by atoms with E-state index in [0.717, 1.165) is 0 Å². The van der Waals surface area contributed by atoms with Gasteiger partial charge in [-0.15, -0.1) is 0 Å². The summed E-state index contributed by atoms with van der Waals surface area (Å²) in [5.41, 5.74) is 5.85. The molecule has 0 bridgehead atoms. The van der Waals surface area contributed by atoms with Crippen molar-refractivity contribution in [3.8, 4) is 0 Å². The predicted octanol–water partition coefficient (Wildman–Crippen LogP) is -0.377. The Morgan fingerprint density at radius 2 is 2.11 bits per heavy atom. The first-order valence-electron chi connectivity index (χ1n) is 6.25. The van der Waals surface area contributed by atoms with Crippen molar-refractivity contribution in [3.63, 3.8) is 0 Å². The Labute approximate surface area is 107 Å². The van der Waals surface area contributed by atoms with Crippen LogP contribution in [0.4, 0.5) is 0 Å². The third-order valence-corrected chi connectivity index (χ3v) is 3.23. The van der Waals surface area contributed by atoms with Crippen molar-refractivity contribution in [1.29, 1.82) is 0 Å². The van der Waals surface area contributed by atoms with Gasteiger partial charge < -0.3 is 10.6 Å². The van der Waals surface area contributed by atoms with Crippen molar-refractivity contribution in [2.75, 3.05) is 6.54 Å². The fraction of sp³-hybridized carbons (Fsp3) is 0.750. The molecule has 1 rings (SSSR count). The first-order chi connectivity index (χ1) is 8.36. The average molecular weight is 255 g/mol. The van der Waals surface area contributed by atoms with Crippen LogP contribution in [0.2, 0.25) is 0 Å². The summed E-state index contributed by atoms with van der Waals surface area (Å²) < 4.78 is 0. The summed E-state index contributed by atoms with van der Waals surface area (Å²) in [6.45, 7) is 5.61. The van der Waals surface area contributed by atoms with Crippen LogP contribution in [0, 0.1) is 5.92 Å². The normalized spacial score (nSPS) is 22.1. The lowest BCUT2D eigenvalue weighted by Crippen LogP contribution is -2.60. The SMILES string of the molecule is CCC1C(=O)NC(=O)CN1C(=O)CC(N)C(C)C. The molecule has 1 aliphatic rings. The van der Waals surface area contributed by atoms with Crippen molar-refractivity contribution in [2.45, 2.75) is 45.7 Å². The van der Waals surface area contributed by atoms with E-state index in [9.17, 15) is 14.4 Å². The Balaban J connectivity index is 2.75. The maximum Gasteiger partial charge on any atom is 0.249 e. The highest BCUT2D eigenvalue weighted by molar-refractivity contribution is 6.04. The lowest BCUT2D eigenvalue weighted by molar-refractivity contribution is -0.150. The van der Waals surface area contributed by atoms with Crippen molar-refractivity contribution in [2.24, 2.45) is 11.7 Å². The number of amides is 3. The van der Waals surface area contributed by atoms with Crippen LogP contribution in [0.25, 0.3) is 0 Å².